The van der Waals surface area contributed by atoms with Gasteiger partial charge in [0.25, 0.3) is 0 Å². The first-order chi connectivity index (χ1) is 6.66. The minimum Gasteiger partial charge on any atom is -0.434 e. The Morgan fingerprint density at radius 1 is 1.36 bits per heavy atom. The summed E-state index contributed by atoms with van der Waals surface area (Å²) in [6.07, 6.45) is -0.564. The Labute approximate surface area is 84.6 Å². The molecule has 0 saturated carbocycles. The van der Waals surface area contributed by atoms with Crippen LogP contribution in [0, 0.1) is 0 Å². The van der Waals surface area contributed by atoms with E-state index in [9.17, 15) is 4.79 Å². The van der Waals surface area contributed by atoms with Crippen molar-refractivity contribution in [3.05, 3.63) is 0 Å². The van der Waals surface area contributed by atoms with Gasteiger partial charge < -0.3 is 14.8 Å². The summed E-state index contributed by atoms with van der Waals surface area (Å²) in [5.41, 5.74) is 0. The molecule has 14 heavy (non-hydrogen) atoms. The molecule has 5 nitrogen and oxygen atoms in total. The molecule has 0 atom stereocenters. The first kappa shape index (κ1) is 11.3. The average Bonchev–Trinajstić information content (AvgIpc) is 2.17. The van der Waals surface area contributed by atoms with Gasteiger partial charge in [0.1, 0.15) is 0 Å². The number of carbonyl (C=O) groups excluding carboxylic acids is 1. The van der Waals surface area contributed by atoms with E-state index in [4.69, 9.17) is 9.47 Å². The SMILES string of the molecule is CCOC(=O)OC[N+]1(C)CCNCC1. The maximum Gasteiger partial charge on any atom is 0.512 e. The van der Waals surface area contributed by atoms with Crippen LogP contribution in [0.2, 0.25) is 0 Å². The van der Waals surface area contributed by atoms with Crippen LogP contribution in [-0.4, -0.2) is 57.2 Å². The molecule has 0 aliphatic carbocycles. The molecule has 0 amide bonds. The molecule has 1 heterocycles. The van der Waals surface area contributed by atoms with Crippen LogP contribution in [0.4, 0.5) is 4.79 Å². The summed E-state index contributed by atoms with van der Waals surface area (Å²) in [6, 6.07) is 0. The third-order valence-electron chi connectivity index (χ3n) is 2.41. The Bertz CT molecular complexity index is 190. The summed E-state index contributed by atoms with van der Waals surface area (Å²) >= 11 is 0. The summed E-state index contributed by atoms with van der Waals surface area (Å²) < 4.78 is 10.5. The topological polar surface area (TPSA) is 47.6 Å². The van der Waals surface area contributed by atoms with E-state index < -0.39 is 6.16 Å². The van der Waals surface area contributed by atoms with Crippen molar-refractivity contribution in [1.29, 1.82) is 0 Å². The summed E-state index contributed by atoms with van der Waals surface area (Å²) in [5, 5.41) is 3.27. The first-order valence-corrected chi connectivity index (χ1v) is 5.00. The van der Waals surface area contributed by atoms with Gasteiger partial charge in [-0.1, -0.05) is 0 Å². The predicted molar refractivity (Wildman–Crippen MR) is 51.8 cm³/mol. The molecule has 0 radical (unpaired) electrons. The standard InChI is InChI=1S/C9H19N2O3/c1-3-13-9(12)14-8-11(2)6-4-10-5-7-11/h10H,3-8H2,1-2H3/q+1. The highest BCUT2D eigenvalue weighted by Crippen LogP contribution is 2.04. The number of hydrogen-bond acceptors (Lipinski definition) is 4. The fourth-order valence-corrected chi connectivity index (χ4v) is 1.43. The summed E-state index contributed by atoms with van der Waals surface area (Å²) in [6.45, 7) is 6.46. The maximum atomic E-state index is 11.0. The highest BCUT2D eigenvalue weighted by Gasteiger charge is 2.26. The van der Waals surface area contributed by atoms with Crippen LogP contribution >= 0.6 is 0 Å². The van der Waals surface area contributed by atoms with Crippen molar-refractivity contribution in [2.75, 3.05) is 46.6 Å². The van der Waals surface area contributed by atoms with E-state index in [0.717, 1.165) is 30.7 Å². The Morgan fingerprint density at radius 3 is 2.57 bits per heavy atom. The van der Waals surface area contributed by atoms with Crippen molar-refractivity contribution in [3.8, 4) is 0 Å². The van der Waals surface area contributed by atoms with Crippen molar-refractivity contribution >= 4 is 6.16 Å². The molecule has 0 aromatic carbocycles. The van der Waals surface area contributed by atoms with Gasteiger partial charge in [-0.05, 0) is 6.92 Å². The number of quaternary nitrogens is 1. The molecule has 0 bridgehead atoms. The molecule has 0 unspecified atom stereocenters. The maximum absolute atomic E-state index is 11.0. The zero-order valence-corrected chi connectivity index (χ0v) is 8.91. The van der Waals surface area contributed by atoms with Gasteiger partial charge in [-0.3, -0.25) is 4.48 Å². The van der Waals surface area contributed by atoms with Crippen LogP contribution in [0.1, 0.15) is 6.92 Å². The smallest absolute Gasteiger partial charge is 0.434 e. The Balaban J connectivity index is 2.24. The number of piperazine rings is 1. The van der Waals surface area contributed by atoms with Gasteiger partial charge in [0.05, 0.1) is 26.7 Å². The average molecular weight is 203 g/mol. The lowest BCUT2D eigenvalue weighted by Gasteiger charge is -2.36. The van der Waals surface area contributed by atoms with E-state index in [1.165, 1.54) is 0 Å². The normalized spacial score (nSPS) is 20.1. The van der Waals surface area contributed by atoms with Crippen LogP contribution in [0.5, 0.6) is 0 Å². The van der Waals surface area contributed by atoms with E-state index in [1.807, 2.05) is 0 Å². The van der Waals surface area contributed by atoms with Crippen LogP contribution in [-0.2, 0) is 9.47 Å². The largest absolute Gasteiger partial charge is 0.512 e. The second-order valence-corrected chi connectivity index (χ2v) is 3.77. The van der Waals surface area contributed by atoms with Crippen molar-refractivity contribution < 1.29 is 18.8 Å². The molecule has 0 aromatic rings. The Morgan fingerprint density at radius 2 is 2.00 bits per heavy atom. The highest BCUT2D eigenvalue weighted by molar-refractivity contribution is 5.59. The zero-order chi connectivity index (χ0) is 10.4. The summed E-state index contributed by atoms with van der Waals surface area (Å²) in [4.78, 5) is 11.0. The van der Waals surface area contributed by atoms with Gasteiger partial charge in [0, 0.05) is 13.1 Å². The molecule has 1 N–H and O–H groups in total. The monoisotopic (exact) mass is 203 g/mol. The molecule has 1 aliphatic heterocycles. The number of nitrogens with zero attached hydrogens (tertiary/aromatic N) is 1. The lowest BCUT2D eigenvalue weighted by Crippen LogP contribution is -2.57. The molecule has 0 spiro atoms. The van der Waals surface area contributed by atoms with E-state index >= 15 is 0 Å². The van der Waals surface area contributed by atoms with Gasteiger partial charge in [-0.25, -0.2) is 4.79 Å². The second-order valence-electron chi connectivity index (χ2n) is 3.77. The lowest BCUT2D eigenvalue weighted by atomic mass is 10.3. The molecule has 82 valence electrons. The molecule has 5 heteroatoms. The second kappa shape index (κ2) is 5.17. The minimum absolute atomic E-state index is 0.365. The van der Waals surface area contributed by atoms with Gasteiger partial charge in [0.15, 0.2) is 0 Å². The number of hydrogen-bond donors (Lipinski definition) is 1. The van der Waals surface area contributed by atoms with E-state index in [0.29, 0.717) is 13.3 Å². The number of rotatable bonds is 3. The van der Waals surface area contributed by atoms with Crippen molar-refractivity contribution in [3.63, 3.8) is 0 Å². The van der Waals surface area contributed by atoms with E-state index in [1.54, 1.807) is 6.92 Å². The summed E-state index contributed by atoms with van der Waals surface area (Å²) in [7, 11) is 2.08. The molecule has 1 aliphatic rings. The third kappa shape index (κ3) is 3.51. The first-order valence-electron chi connectivity index (χ1n) is 5.00. The fraction of sp³-hybridized carbons (Fsp3) is 0.889. The summed E-state index contributed by atoms with van der Waals surface area (Å²) in [5.74, 6) is 0. The van der Waals surface area contributed by atoms with E-state index in [-0.39, 0.29) is 0 Å². The van der Waals surface area contributed by atoms with Gasteiger partial charge in [-0.15, -0.1) is 0 Å². The number of carbonyl (C=O) groups is 1. The molecular weight excluding hydrogens is 184 g/mol. The van der Waals surface area contributed by atoms with Crippen molar-refractivity contribution in [2.45, 2.75) is 6.92 Å². The van der Waals surface area contributed by atoms with Gasteiger partial charge in [-0.2, -0.15) is 0 Å². The van der Waals surface area contributed by atoms with Gasteiger partial charge in [0.2, 0.25) is 6.73 Å². The molecular formula is C9H19N2O3+. The third-order valence-corrected chi connectivity index (χ3v) is 2.41. The van der Waals surface area contributed by atoms with E-state index in [2.05, 4.69) is 12.4 Å². The zero-order valence-electron chi connectivity index (χ0n) is 8.91. The molecule has 1 fully saturated rings. The quantitative estimate of drug-likeness (QED) is 0.524. The predicted octanol–water partition coefficient (Wildman–Crippen LogP) is 0.167. The van der Waals surface area contributed by atoms with Crippen LogP contribution in [0.15, 0.2) is 0 Å². The van der Waals surface area contributed by atoms with Crippen LogP contribution < -0.4 is 5.32 Å². The number of ether oxygens (including phenoxy) is 2. The number of likely N-dealkylation sites (N-methyl/N-ethyl adjacent to an activating group) is 1. The molecule has 0 aromatic heterocycles. The van der Waals surface area contributed by atoms with Crippen LogP contribution in [0.25, 0.3) is 0 Å². The van der Waals surface area contributed by atoms with Crippen molar-refractivity contribution in [2.24, 2.45) is 0 Å². The molecule has 1 rings (SSSR count). The highest BCUT2D eigenvalue weighted by atomic mass is 16.7. The Kier molecular flexibility index (Phi) is 4.16. The molecule has 1 saturated heterocycles. The number of nitrogens with one attached hydrogen (secondary N) is 1. The fourth-order valence-electron chi connectivity index (χ4n) is 1.43. The Hall–Kier alpha value is -0.810. The lowest BCUT2D eigenvalue weighted by molar-refractivity contribution is -0.927. The van der Waals surface area contributed by atoms with Gasteiger partial charge >= 0.3 is 6.16 Å². The van der Waals surface area contributed by atoms with Crippen LogP contribution in [0.3, 0.4) is 0 Å². The van der Waals surface area contributed by atoms with Crippen molar-refractivity contribution in [1.82, 2.24) is 5.32 Å². The minimum atomic E-state index is -0.564.